The van der Waals surface area contributed by atoms with Gasteiger partial charge in [0.15, 0.2) is 5.69 Å². The molecule has 1 saturated heterocycles. The Labute approximate surface area is 170 Å². The van der Waals surface area contributed by atoms with Crippen LogP contribution < -0.4 is 10.6 Å². The Kier molecular flexibility index (Phi) is 6.24. The minimum Gasteiger partial charge on any atom is -0.376 e. The summed E-state index contributed by atoms with van der Waals surface area (Å²) in [6, 6.07) is 5.47. The van der Waals surface area contributed by atoms with Crippen molar-refractivity contribution >= 4 is 17.3 Å². The summed E-state index contributed by atoms with van der Waals surface area (Å²) in [5.74, 6) is -0.324. The van der Waals surface area contributed by atoms with Crippen molar-refractivity contribution in [3.63, 3.8) is 0 Å². The fourth-order valence-electron chi connectivity index (χ4n) is 4.01. The van der Waals surface area contributed by atoms with Crippen LogP contribution in [0.1, 0.15) is 66.1 Å². The van der Waals surface area contributed by atoms with Gasteiger partial charge < -0.3 is 15.4 Å². The molecule has 0 aromatic carbocycles. The number of fused-ring (bicyclic) bond motifs is 1. The molecule has 2 aromatic rings. The van der Waals surface area contributed by atoms with Crippen molar-refractivity contribution in [1.82, 2.24) is 20.0 Å². The highest BCUT2D eigenvalue weighted by Crippen LogP contribution is 2.20. The van der Waals surface area contributed by atoms with E-state index in [-0.39, 0.29) is 29.4 Å². The highest BCUT2D eigenvalue weighted by atomic mass is 16.5. The van der Waals surface area contributed by atoms with E-state index in [1.807, 2.05) is 18.2 Å². The number of allylic oxidation sites excluding steroid dienone is 1. The molecular weight excluding hydrogens is 368 g/mol. The van der Waals surface area contributed by atoms with Crippen molar-refractivity contribution in [1.29, 1.82) is 0 Å². The van der Waals surface area contributed by atoms with Crippen LogP contribution in [0, 0.1) is 0 Å². The Hall–Kier alpha value is -2.67. The molecule has 0 radical (unpaired) electrons. The molecule has 154 valence electrons. The fourth-order valence-corrected chi connectivity index (χ4v) is 4.01. The van der Waals surface area contributed by atoms with Crippen molar-refractivity contribution < 1.29 is 14.3 Å². The maximum atomic E-state index is 12.7. The largest absolute Gasteiger partial charge is 0.376 e. The number of pyridine rings is 1. The van der Waals surface area contributed by atoms with Gasteiger partial charge in [-0.25, -0.2) is 4.98 Å². The summed E-state index contributed by atoms with van der Waals surface area (Å²) in [6.07, 6.45) is 11.7. The molecular formula is C22H28N4O3. The van der Waals surface area contributed by atoms with Crippen molar-refractivity contribution in [2.75, 3.05) is 19.7 Å². The van der Waals surface area contributed by atoms with Gasteiger partial charge in [0.25, 0.3) is 11.8 Å². The van der Waals surface area contributed by atoms with Gasteiger partial charge >= 0.3 is 0 Å². The van der Waals surface area contributed by atoms with E-state index < -0.39 is 0 Å². The summed E-state index contributed by atoms with van der Waals surface area (Å²) in [4.78, 5) is 29.8. The normalized spacial score (nSPS) is 19.2. The predicted molar refractivity (Wildman–Crippen MR) is 110 cm³/mol. The molecule has 7 nitrogen and oxygen atoms in total. The molecule has 0 spiro atoms. The summed E-state index contributed by atoms with van der Waals surface area (Å²) in [7, 11) is 0. The Morgan fingerprint density at radius 2 is 2.10 bits per heavy atom. The molecule has 7 heteroatoms. The average Bonchev–Trinajstić information content (AvgIpc) is 3.41. The highest BCUT2D eigenvalue weighted by Gasteiger charge is 2.23. The lowest BCUT2D eigenvalue weighted by molar-refractivity contribution is 0.0848. The topological polar surface area (TPSA) is 84.7 Å². The molecule has 29 heavy (non-hydrogen) atoms. The fraction of sp³-hybridized carbons (Fsp3) is 0.500. The van der Waals surface area contributed by atoms with E-state index in [1.54, 1.807) is 10.6 Å². The van der Waals surface area contributed by atoms with E-state index in [2.05, 4.69) is 21.7 Å². The SMILES string of the molecule is O=C(NCCC1=CCCCC1)c1nc(C(=O)NCC2CCCO2)n2ccccc12. The Morgan fingerprint density at radius 3 is 2.90 bits per heavy atom. The monoisotopic (exact) mass is 396 g/mol. The second-order valence-electron chi connectivity index (χ2n) is 7.70. The third-order valence-electron chi connectivity index (χ3n) is 5.60. The Morgan fingerprint density at radius 1 is 1.17 bits per heavy atom. The number of nitrogens with one attached hydrogen (secondary N) is 2. The first-order valence-electron chi connectivity index (χ1n) is 10.6. The summed E-state index contributed by atoms with van der Waals surface area (Å²) in [5, 5.41) is 5.85. The predicted octanol–water partition coefficient (Wildman–Crippen LogP) is 2.86. The number of aromatic nitrogens is 2. The van der Waals surface area contributed by atoms with E-state index >= 15 is 0 Å². The molecule has 1 atom stereocenters. The summed E-state index contributed by atoms with van der Waals surface area (Å²) >= 11 is 0. The van der Waals surface area contributed by atoms with E-state index in [0.717, 1.165) is 38.7 Å². The summed E-state index contributed by atoms with van der Waals surface area (Å²) in [5.41, 5.74) is 2.33. The molecule has 1 aliphatic carbocycles. The molecule has 0 saturated carbocycles. The first-order chi connectivity index (χ1) is 14.2. The van der Waals surface area contributed by atoms with Crippen molar-refractivity contribution in [3.05, 3.63) is 47.6 Å². The van der Waals surface area contributed by atoms with Crippen LogP contribution in [-0.4, -0.2) is 47.0 Å². The minimum atomic E-state index is -0.298. The minimum absolute atomic E-state index is 0.0574. The van der Waals surface area contributed by atoms with Crippen molar-refractivity contribution in [2.24, 2.45) is 0 Å². The number of carbonyl (C=O) groups is 2. The van der Waals surface area contributed by atoms with Crippen LogP contribution >= 0.6 is 0 Å². The highest BCUT2D eigenvalue weighted by molar-refractivity contribution is 6.02. The van der Waals surface area contributed by atoms with Crippen molar-refractivity contribution in [2.45, 2.75) is 51.0 Å². The molecule has 2 aromatic heterocycles. The molecule has 1 unspecified atom stereocenters. The zero-order valence-corrected chi connectivity index (χ0v) is 16.7. The van der Waals surface area contributed by atoms with E-state index in [9.17, 15) is 9.59 Å². The number of carbonyl (C=O) groups excluding carboxylic acids is 2. The number of ether oxygens (including phenoxy) is 1. The third kappa shape index (κ3) is 4.67. The second kappa shape index (κ2) is 9.22. The number of hydrogen-bond acceptors (Lipinski definition) is 4. The zero-order valence-electron chi connectivity index (χ0n) is 16.7. The van der Waals surface area contributed by atoms with Crippen LogP contribution in [-0.2, 0) is 4.74 Å². The lowest BCUT2D eigenvalue weighted by Gasteiger charge is -2.12. The van der Waals surface area contributed by atoms with Crippen molar-refractivity contribution in [3.8, 4) is 0 Å². The zero-order chi connectivity index (χ0) is 20.1. The molecule has 2 aliphatic rings. The van der Waals surface area contributed by atoms with E-state index in [1.165, 1.54) is 18.4 Å². The van der Waals surface area contributed by atoms with Crippen LogP contribution in [0.3, 0.4) is 0 Å². The number of hydrogen-bond donors (Lipinski definition) is 2. The third-order valence-corrected chi connectivity index (χ3v) is 5.60. The lowest BCUT2D eigenvalue weighted by atomic mass is 9.97. The van der Waals surface area contributed by atoms with Gasteiger partial charge in [0.05, 0.1) is 11.6 Å². The number of nitrogens with zero attached hydrogens (tertiary/aromatic N) is 2. The Balaban J connectivity index is 1.43. The van der Waals surface area contributed by atoms with Gasteiger partial charge in [-0.3, -0.25) is 14.0 Å². The van der Waals surface area contributed by atoms with Gasteiger partial charge in [0, 0.05) is 25.9 Å². The summed E-state index contributed by atoms with van der Waals surface area (Å²) < 4.78 is 7.22. The maximum absolute atomic E-state index is 12.7. The summed E-state index contributed by atoms with van der Waals surface area (Å²) in [6.45, 7) is 1.78. The molecule has 3 heterocycles. The lowest BCUT2D eigenvalue weighted by Crippen LogP contribution is -2.33. The average molecular weight is 396 g/mol. The van der Waals surface area contributed by atoms with Crippen LogP contribution in [0.2, 0.25) is 0 Å². The standard InChI is InChI=1S/C22H28N4O3/c27-21(23-12-11-16-7-2-1-3-8-16)19-18-10-4-5-13-26(18)20(25-19)22(28)24-15-17-9-6-14-29-17/h4-5,7,10,13,17H,1-3,6,8-9,11-12,14-15H2,(H,23,27)(H,24,28). The maximum Gasteiger partial charge on any atom is 0.287 e. The van der Waals surface area contributed by atoms with E-state index in [4.69, 9.17) is 4.74 Å². The van der Waals surface area contributed by atoms with Crippen LogP contribution in [0.5, 0.6) is 0 Å². The second-order valence-corrected chi connectivity index (χ2v) is 7.70. The molecule has 4 rings (SSSR count). The smallest absolute Gasteiger partial charge is 0.287 e. The number of imidazole rings is 1. The van der Waals surface area contributed by atoms with Crippen LogP contribution in [0.4, 0.5) is 0 Å². The quantitative estimate of drug-likeness (QED) is 0.705. The van der Waals surface area contributed by atoms with Gasteiger partial charge in [-0.2, -0.15) is 0 Å². The van der Waals surface area contributed by atoms with Gasteiger partial charge in [-0.1, -0.05) is 17.7 Å². The molecule has 2 N–H and O–H groups in total. The number of rotatable bonds is 7. The Bertz CT molecular complexity index is 912. The van der Waals surface area contributed by atoms with E-state index in [0.29, 0.717) is 18.6 Å². The molecule has 2 amide bonds. The van der Waals surface area contributed by atoms with Crippen LogP contribution in [0.25, 0.3) is 5.52 Å². The first kappa shape index (κ1) is 19.6. The van der Waals surface area contributed by atoms with Gasteiger partial charge in [-0.05, 0) is 57.1 Å². The molecule has 1 fully saturated rings. The number of amides is 2. The molecule has 0 bridgehead atoms. The van der Waals surface area contributed by atoms with Gasteiger partial charge in [-0.15, -0.1) is 0 Å². The van der Waals surface area contributed by atoms with Gasteiger partial charge in [0.1, 0.15) is 0 Å². The van der Waals surface area contributed by atoms with Crippen LogP contribution in [0.15, 0.2) is 36.0 Å². The van der Waals surface area contributed by atoms with Gasteiger partial charge in [0.2, 0.25) is 5.82 Å². The molecule has 1 aliphatic heterocycles. The first-order valence-corrected chi connectivity index (χ1v) is 10.6.